The molecule has 1 atom stereocenters. The van der Waals surface area contributed by atoms with Crippen LogP contribution in [0, 0.1) is 6.92 Å². The van der Waals surface area contributed by atoms with Crippen molar-refractivity contribution in [1.29, 1.82) is 0 Å². The van der Waals surface area contributed by atoms with Crippen molar-refractivity contribution in [3.8, 4) is 0 Å². The number of aryl methyl sites for hydroxylation is 1. The maximum atomic E-state index is 13.0. The molecule has 0 radical (unpaired) electrons. The van der Waals surface area contributed by atoms with Crippen molar-refractivity contribution in [3.05, 3.63) is 70.5 Å². The van der Waals surface area contributed by atoms with Gasteiger partial charge in [-0.05, 0) is 50.2 Å². The van der Waals surface area contributed by atoms with Gasteiger partial charge in [-0.25, -0.2) is 4.68 Å². The van der Waals surface area contributed by atoms with Gasteiger partial charge in [0, 0.05) is 16.4 Å². The van der Waals surface area contributed by atoms with Crippen molar-refractivity contribution in [2.24, 2.45) is 0 Å². The second-order valence-corrected chi connectivity index (χ2v) is 6.44. The number of furan rings is 1. The third-order valence-electron chi connectivity index (χ3n) is 4.17. The Labute approximate surface area is 154 Å². The number of carbonyl (C=O) groups excluding carboxylic acids is 1. The fourth-order valence-electron chi connectivity index (χ4n) is 2.98. The third-order valence-corrected chi connectivity index (χ3v) is 4.42. The second kappa shape index (κ2) is 6.34. The number of hydrogen-bond donors (Lipinski definition) is 2. The first kappa shape index (κ1) is 16.4. The lowest BCUT2D eigenvalue weighted by Gasteiger charge is -2.27. The zero-order valence-electron chi connectivity index (χ0n) is 14.2. The highest BCUT2D eigenvalue weighted by atomic mass is 35.5. The highest BCUT2D eigenvalue weighted by Crippen LogP contribution is 2.35. The Morgan fingerprint density at radius 2 is 2.00 bits per heavy atom. The number of nitrogens with zero attached hydrogens (tertiary/aromatic N) is 3. The minimum atomic E-state index is -0.505. The zero-order valence-corrected chi connectivity index (χ0v) is 14.9. The average molecular weight is 370 g/mol. The van der Waals surface area contributed by atoms with Crippen LogP contribution in [0.5, 0.6) is 0 Å². The fraction of sp³-hybridized carbons (Fsp3) is 0.167. The Morgan fingerprint density at radius 3 is 2.69 bits per heavy atom. The summed E-state index contributed by atoms with van der Waals surface area (Å²) < 4.78 is 7.44. The molecule has 1 amide bonds. The van der Waals surface area contributed by atoms with Gasteiger partial charge in [-0.3, -0.25) is 4.79 Å². The van der Waals surface area contributed by atoms with Crippen molar-refractivity contribution in [3.63, 3.8) is 0 Å². The molecule has 1 aromatic carbocycles. The molecule has 1 aliphatic rings. The number of fused-ring (bicyclic) bond motifs is 1. The molecule has 26 heavy (non-hydrogen) atoms. The molecule has 0 unspecified atom stereocenters. The van der Waals surface area contributed by atoms with E-state index in [-0.39, 0.29) is 5.91 Å². The fourth-order valence-corrected chi connectivity index (χ4v) is 3.11. The molecule has 0 saturated carbocycles. The van der Waals surface area contributed by atoms with E-state index in [2.05, 4.69) is 20.7 Å². The lowest BCUT2D eigenvalue weighted by Crippen LogP contribution is -2.31. The van der Waals surface area contributed by atoms with E-state index in [4.69, 9.17) is 16.0 Å². The number of carbonyl (C=O) groups is 1. The summed E-state index contributed by atoms with van der Waals surface area (Å²) in [6.07, 6.45) is 1.44. The van der Waals surface area contributed by atoms with Crippen molar-refractivity contribution in [2.75, 3.05) is 10.6 Å². The Kier molecular flexibility index (Phi) is 4.00. The van der Waals surface area contributed by atoms with E-state index in [0.29, 0.717) is 33.7 Å². The van der Waals surface area contributed by atoms with Crippen molar-refractivity contribution in [2.45, 2.75) is 19.9 Å². The Bertz CT molecular complexity index is 1000. The first-order valence-electron chi connectivity index (χ1n) is 8.03. The van der Waals surface area contributed by atoms with Gasteiger partial charge < -0.3 is 15.1 Å². The van der Waals surface area contributed by atoms with Crippen LogP contribution in [0.4, 0.5) is 11.6 Å². The first-order chi connectivity index (χ1) is 12.5. The molecule has 1 aliphatic heterocycles. The van der Waals surface area contributed by atoms with Gasteiger partial charge in [0.05, 0.1) is 5.57 Å². The number of amides is 1. The van der Waals surface area contributed by atoms with E-state index < -0.39 is 6.04 Å². The SMILES string of the molecule is CC1=C(C(=O)Nc2ccc(Cl)cc2)[C@@H](c2ccc(C)o2)n2ncnc2N1. The van der Waals surface area contributed by atoms with Gasteiger partial charge in [0.1, 0.15) is 23.9 Å². The summed E-state index contributed by atoms with van der Waals surface area (Å²) in [5.41, 5.74) is 1.85. The molecule has 0 spiro atoms. The number of halogens is 1. The Balaban J connectivity index is 1.74. The molecule has 3 aromatic rings. The quantitative estimate of drug-likeness (QED) is 0.734. The molecule has 2 N–H and O–H groups in total. The number of anilines is 2. The van der Waals surface area contributed by atoms with Gasteiger partial charge in [0.2, 0.25) is 5.95 Å². The Morgan fingerprint density at radius 1 is 1.23 bits per heavy atom. The van der Waals surface area contributed by atoms with Crippen LogP contribution in [0.25, 0.3) is 0 Å². The molecule has 4 rings (SSSR count). The number of hydrogen-bond acceptors (Lipinski definition) is 5. The molecule has 2 aromatic heterocycles. The highest BCUT2D eigenvalue weighted by Gasteiger charge is 2.35. The van der Waals surface area contributed by atoms with E-state index in [0.717, 1.165) is 5.76 Å². The van der Waals surface area contributed by atoms with Crippen molar-refractivity contribution in [1.82, 2.24) is 14.8 Å². The highest BCUT2D eigenvalue weighted by molar-refractivity contribution is 6.30. The van der Waals surface area contributed by atoms with Crippen LogP contribution < -0.4 is 10.6 Å². The predicted octanol–water partition coefficient (Wildman–Crippen LogP) is 3.76. The monoisotopic (exact) mass is 369 g/mol. The lowest BCUT2D eigenvalue weighted by molar-refractivity contribution is -0.113. The standard InChI is InChI=1S/C18H16ClN5O2/c1-10-3-8-14(26-10)16-15(11(2)22-18-20-9-21-24(16)18)17(25)23-13-6-4-12(19)5-7-13/h3-9,16H,1-2H3,(H,23,25)(H,20,21,22)/t16-/m1/s1. The molecule has 0 fully saturated rings. The summed E-state index contributed by atoms with van der Waals surface area (Å²) in [7, 11) is 0. The van der Waals surface area contributed by atoms with Crippen LogP contribution in [0.3, 0.4) is 0 Å². The molecular formula is C18H16ClN5O2. The maximum absolute atomic E-state index is 13.0. The van der Waals surface area contributed by atoms with Crippen LogP contribution in [0.15, 0.2) is 58.4 Å². The van der Waals surface area contributed by atoms with Crippen LogP contribution in [0.1, 0.15) is 24.5 Å². The Hall–Kier alpha value is -3.06. The average Bonchev–Trinajstić information content (AvgIpc) is 3.24. The van der Waals surface area contributed by atoms with E-state index in [9.17, 15) is 4.79 Å². The van der Waals surface area contributed by atoms with Crippen LogP contribution in [0.2, 0.25) is 5.02 Å². The van der Waals surface area contributed by atoms with Gasteiger partial charge >= 0.3 is 0 Å². The number of nitrogens with one attached hydrogen (secondary N) is 2. The molecule has 0 saturated heterocycles. The van der Waals surface area contributed by atoms with Crippen molar-refractivity contribution < 1.29 is 9.21 Å². The molecule has 0 aliphatic carbocycles. The number of rotatable bonds is 3. The smallest absolute Gasteiger partial charge is 0.256 e. The van der Waals surface area contributed by atoms with Gasteiger partial charge in [0.15, 0.2) is 0 Å². The minimum absolute atomic E-state index is 0.252. The second-order valence-electron chi connectivity index (χ2n) is 6.00. The van der Waals surface area contributed by atoms with E-state index in [1.807, 2.05) is 26.0 Å². The topological polar surface area (TPSA) is 85.0 Å². The third kappa shape index (κ3) is 2.86. The van der Waals surface area contributed by atoms with Gasteiger partial charge in [-0.2, -0.15) is 10.1 Å². The predicted molar refractivity (Wildman–Crippen MR) is 98.0 cm³/mol. The molecule has 0 bridgehead atoms. The minimum Gasteiger partial charge on any atom is -0.464 e. The summed E-state index contributed by atoms with van der Waals surface area (Å²) in [6, 6.07) is 10.1. The van der Waals surface area contributed by atoms with Gasteiger partial charge in [0.25, 0.3) is 5.91 Å². The van der Waals surface area contributed by atoms with Crippen LogP contribution in [-0.2, 0) is 4.79 Å². The number of benzene rings is 1. The largest absolute Gasteiger partial charge is 0.464 e. The van der Waals surface area contributed by atoms with E-state index in [1.54, 1.807) is 28.9 Å². The lowest BCUT2D eigenvalue weighted by atomic mass is 10.00. The summed E-state index contributed by atoms with van der Waals surface area (Å²) in [5, 5.41) is 10.9. The molecular weight excluding hydrogens is 354 g/mol. The normalized spacial score (nSPS) is 16.2. The summed E-state index contributed by atoms with van der Waals surface area (Å²) in [5.74, 6) is 1.69. The van der Waals surface area contributed by atoms with Crippen LogP contribution in [-0.4, -0.2) is 20.7 Å². The molecule has 7 nitrogen and oxygen atoms in total. The van der Waals surface area contributed by atoms with Crippen molar-refractivity contribution >= 4 is 29.1 Å². The van der Waals surface area contributed by atoms with E-state index >= 15 is 0 Å². The first-order valence-corrected chi connectivity index (χ1v) is 8.41. The molecule has 8 heteroatoms. The molecule has 132 valence electrons. The summed E-state index contributed by atoms with van der Waals surface area (Å²) in [4.78, 5) is 17.2. The number of aromatic nitrogens is 3. The zero-order chi connectivity index (χ0) is 18.3. The van der Waals surface area contributed by atoms with Crippen LogP contribution >= 0.6 is 11.6 Å². The summed E-state index contributed by atoms with van der Waals surface area (Å²) >= 11 is 5.91. The van der Waals surface area contributed by atoms with E-state index in [1.165, 1.54) is 6.33 Å². The maximum Gasteiger partial charge on any atom is 0.256 e. The van der Waals surface area contributed by atoms with Gasteiger partial charge in [-0.1, -0.05) is 11.6 Å². The summed E-state index contributed by atoms with van der Waals surface area (Å²) in [6.45, 7) is 3.69. The number of allylic oxidation sites excluding steroid dienone is 1. The molecule has 3 heterocycles. The van der Waals surface area contributed by atoms with Gasteiger partial charge in [-0.15, -0.1) is 0 Å².